The molecule has 0 aromatic carbocycles. The molecule has 1 heterocycles. The molecule has 0 saturated heterocycles. The predicted octanol–water partition coefficient (Wildman–Crippen LogP) is 0.587. The van der Waals surface area contributed by atoms with Gasteiger partial charge in [0.25, 0.3) is 10.0 Å². The van der Waals surface area contributed by atoms with Crippen LogP contribution in [0.1, 0.15) is 13.8 Å². The Morgan fingerprint density at radius 3 is 2.59 bits per heavy atom. The summed E-state index contributed by atoms with van der Waals surface area (Å²) >= 11 is 0. The molecule has 17 heavy (non-hydrogen) atoms. The molecule has 0 radical (unpaired) electrons. The molecule has 1 rings (SSSR count). The number of hydrogen-bond acceptors (Lipinski definition) is 4. The Kier molecular flexibility index (Phi) is 3.94. The Balaban J connectivity index is 3.31. The van der Waals surface area contributed by atoms with Crippen molar-refractivity contribution in [3.8, 4) is 0 Å². The quantitative estimate of drug-likeness (QED) is 0.784. The van der Waals surface area contributed by atoms with E-state index in [1.54, 1.807) is 27.0 Å². The second kappa shape index (κ2) is 4.89. The van der Waals surface area contributed by atoms with Gasteiger partial charge in [-0.25, -0.2) is 13.4 Å². The topological polar surface area (TPSA) is 81.2 Å². The summed E-state index contributed by atoms with van der Waals surface area (Å²) in [6, 6.07) is -0.174. The monoisotopic (exact) mass is 258 g/mol. The van der Waals surface area contributed by atoms with Crippen molar-refractivity contribution < 1.29 is 8.42 Å². The van der Waals surface area contributed by atoms with Crippen molar-refractivity contribution in [1.82, 2.24) is 13.9 Å². The molecule has 0 aliphatic rings. The maximum atomic E-state index is 12.4. The Labute approximate surface area is 102 Å². The van der Waals surface area contributed by atoms with Gasteiger partial charge in [0.15, 0.2) is 10.8 Å². The first-order valence-electron chi connectivity index (χ1n) is 5.22. The van der Waals surface area contributed by atoms with E-state index in [-0.39, 0.29) is 23.4 Å². The fourth-order valence-corrected chi connectivity index (χ4v) is 3.38. The molecule has 0 atom stereocenters. The van der Waals surface area contributed by atoms with E-state index in [9.17, 15) is 8.42 Å². The molecule has 0 saturated carbocycles. The van der Waals surface area contributed by atoms with E-state index in [1.807, 2.05) is 0 Å². The molecule has 1 aromatic rings. The molecule has 0 amide bonds. The maximum absolute atomic E-state index is 12.4. The van der Waals surface area contributed by atoms with Gasteiger partial charge in [-0.3, -0.25) is 0 Å². The molecule has 1 aromatic heterocycles. The van der Waals surface area contributed by atoms with Crippen molar-refractivity contribution in [3.05, 3.63) is 19.0 Å². The number of hydrogen-bond donors (Lipinski definition) is 1. The van der Waals surface area contributed by atoms with Crippen LogP contribution < -0.4 is 5.73 Å². The van der Waals surface area contributed by atoms with Crippen molar-refractivity contribution in [2.45, 2.75) is 24.9 Å². The summed E-state index contributed by atoms with van der Waals surface area (Å²) in [6.07, 6.45) is 2.93. The minimum Gasteiger partial charge on any atom is -0.381 e. The van der Waals surface area contributed by atoms with Crippen LogP contribution in [0.3, 0.4) is 0 Å². The lowest BCUT2D eigenvalue weighted by Gasteiger charge is -2.24. The Bertz CT molecular complexity index is 485. The van der Waals surface area contributed by atoms with Crippen LogP contribution in [-0.4, -0.2) is 34.9 Å². The third-order valence-corrected chi connectivity index (χ3v) is 4.52. The van der Waals surface area contributed by atoms with Crippen molar-refractivity contribution in [2.24, 2.45) is 7.05 Å². The maximum Gasteiger partial charge on any atom is 0.263 e. The van der Waals surface area contributed by atoms with Crippen molar-refractivity contribution in [1.29, 1.82) is 0 Å². The lowest BCUT2D eigenvalue weighted by Crippen LogP contribution is -2.38. The smallest absolute Gasteiger partial charge is 0.263 e. The highest BCUT2D eigenvalue weighted by atomic mass is 32.2. The number of imidazole rings is 1. The Hall–Kier alpha value is -1.34. The minimum atomic E-state index is -3.64. The van der Waals surface area contributed by atoms with Crippen molar-refractivity contribution >= 4 is 15.8 Å². The van der Waals surface area contributed by atoms with E-state index >= 15 is 0 Å². The van der Waals surface area contributed by atoms with Gasteiger partial charge in [-0.05, 0) is 13.8 Å². The van der Waals surface area contributed by atoms with E-state index in [4.69, 9.17) is 5.73 Å². The fourth-order valence-electron chi connectivity index (χ4n) is 1.58. The summed E-state index contributed by atoms with van der Waals surface area (Å²) in [5, 5.41) is 0.0213. The molecule has 2 N–H and O–H groups in total. The highest BCUT2D eigenvalue weighted by Crippen LogP contribution is 2.22. The average Bonchev–Trinajstić information content (AvgIpc) is 2.54. The van der Waals surface area contributed by atoms with E-state index in [2.05, 4.69) is 11.6 Å². The van der Waals surface area contributed by atoms with E-state index in [0.29, 0.717) is 0 Å². The molecule has 96 valence electrons. The second-order valence-corrected chi connectivity index (χ2v) is 5.81. The van der Waals surface area contributed by atoms with Crippen LogP contribution >= 0.6 is 0 Å². The number of anilines is 1. The normalized spacial score (nSPS) is 12.3. The number of nitrogens with zero attached hydrogens (tertiary/aromatic N) is 3. The van der Waals surface area contributed by atoms with Crippen molar-refractivity contribution in [3.63, 3.8) is 0 Å². The molecule has 7 heteroatoms. The van der Waals surface area contributed by atoms with E-state index < -0.39 is 10.0 Å². The fraction of sp³-hybridized carbons (Fsp3) is 0.500. The third-order valence-electron chi connectivity index (χ3n) is 2.35. The van der Waals surface area contributed by atoms with Gasteiger partial charge < -0.3 is 10.3 Å². The molecular formula is C10H18N4O2S. The zero-order valence-corrected chi connectivity index (χ0v) is 11.1. The van der Waals surface area contributed by atoms with Gasteiger partial charge in [-0.15, -0.1) is 6.58 Å². The van der Waals surface area contributed by atoms with Gasteiger partial charge in [-0.1, -0.05) is 6.08 Å². The molecule has 0 bridgehead atoms. The Morgan fingerprint density at radius 2 is 2.24 bits per heavy atom. The molecule has 0 aliphatic heterocycles. The highest BCUT2D eigenvalue weighted by molar-refractivity contribution is 7.89. The summed E-state index contributed by atoms with van der Waals surface area (Å²) in [7, 11) is -2.04. The van der Waals surface area contributed by atoms with Crippen LogP contribution in [0.4, 0.5) is 5.82 Å². The summed E-state index contributed by atoms with van der Waals surface area (Å²) in [5.41, 5.74) is 5.60. The number of nitrogen functional groups attached to an aromatic ring is 1. The number of sulfonamides is 1. The molecular weight excluding hydrogens is 240 g/mol. The van der Waals surface area contributed by atoms with Crippen LogP contribution in [0.2, 0.25) is 0 Å². The standard InChI is InChI=1S/C10H18N4O2S/c1-5-6-14(8(2)3)17(15,16)10-9(11)12-7-13(10)4/h5,7-8H,1,6,11H2,2-4H3. The molecule has 0 aliphatic carbocycles. The average molecular weight is 258 g/mol. The van der Waals surface area contributed by atoms with Crippen LogP contribution in [0.25, 0.3) is 0 Å². The molecule has 6 nitrogen and oxygen atoms in total. The first-order chi connectivity index (χ1) is 7.82. The number of aromatic nitrogens is 2. The lowest BCUT2D eigenvalue weighted by atomic mass is 10.4. The lowest BCUT2D eigenvalue weighted by molar-refractivity contribution is 0.380. The molecule has 0 spiro atoms. The van der Waals surface area contributed by atoms with Crippen LogP contribution in [0.15, 0.2) is 24.0 Å². The van der Waals surface area contributed by atoms with Crippen molar-refractivity contribution in [2.75, 3.05) is 12.3 Å². The minimum absolute atomic E-state index is 0.0159. The van der Waals surface area contributed by atoms with Gasteiger partial charge >= 0.3 is 0 Å². The molecule has 0 unspecified atom stereocenters. The van der Waals surface area contributed by atoms with Gasteiger partial charge in [0.1, 0.15) is 0 Å². The number of rotatable bonds is 5. The Morgan fingerprint density at radius 1 is 1.65 bits per heavy atom. The largest absolute Gasteiger partial charge is 0.381 e. The van der Waals surface area contributed by atoms with E-state index in [1.165, 1.54) is 15.2 Å². The van der Waals surface area contributed by atoms with Gasteiger partial charge in [0.2, 0.25) is 0 Å². The SMILES string of the molecule is C=CCN(C(C)C)S(=O)(=O)c1c(N)ncn1C. The first-order valence-corrected chi connectivity index (χ1v) is 6.66. The molecule has 0 fully saturated rings. The number of aryl methyl sites for hydroxylation is 1. The van der Waals surface area contributed by atoms with Gasteiger partial charge in [0, 0.05) is 19.6 Å². The van der Waals surface area contributed by atoms with Crippen LogP contribution in [0.5, 0.6) is 0 Å². The third kappa shape index (κ3) is 2.50. The highest BCUT2D eigenvalue weighted by Gasteiger charge is 2.30. The van der Waals surface area contributed by atoms with Gasteiger partial charge in [-0.2, -0.15) is 4.31 Å². The number of nitrogens with two attached hydrogens (primary N) is 1. The zero-order valence-electron chi connectivity index (χ0n) is 10.3. The van der Waals surface area contributed by atoms with E-state index in [0.717, 1.165) is 0 Å². The van der Waals surface area contributed by atoms with Crippen LogP contribution in [-0.2, 0) is 17.1 Å². The second-order valence-electron chi connectivity index (χ2n) is 4.00. The summed E-state index contributed by atoms with van der Waals surface area (Å²) in [4.78, 5) is 3.79. The first kappa shape index (κ1) is 13.7. The zero-order chi connectivity index (χ0) is 13.2. The summed E-state index contributed by atoms with van der Waals surface area (Å²) < 4.78 is 27.5. The van der Waals surface area contributed by atoms with Crippen LogP contribution in [0, 0.1) is 0 Å². The van der Waals surface area contributed by atoms with Gasteiger partial charge in [0.05, 0.1) is 6.33 Å². The predicted molar refractivity (Wildman–Crippen MR) is 66.8 cm³/mol. The summed E-state index contributed by atoms with van der Waals surface area (Å²) in [6.45, 7) is 7.40. The summed E-state index contributed by atoms with van der Waals surface area (Å²) in [5.74, 6) is 0.0159.